The molecule has 1 heterocycles. The van der Waals surface area contributed by atoms with Crippen molar-refractivity contribution in [3.63, 3.8) is 0 Å². The first-order valence-corrected chi connectivity index (χ1v) is 7.40. The van der Waals surface area contributed by atoms with Crippen LogP contribution < -0.4 is 5.32 Å². The minimum atomic E-state index is 0.534. The Morgan fingerprint density at radius 1 is 1.35 bits per heavy atom. The standard InChI is InChI=1S/C14H28N2O/c1-3-15-12(2)8-9-16-10-11-17-14-7-5-4-6-13(14)16/h12-15H,3-11H2,1-2H3. The number of morpholine rings is 1. The zero-order chi connectivity index (χ0) is 12.1. The van der Waals surface area contributed by atoms with Crippen molar-refractivity contribution in [2.75, 3.05) is 26.2 Å². The van der Waals surface area contributed by atoms with Crippen LogP contribution in [0.25, 0.3) is 0 Å². The lowest BCUT2D eigenvalue weighted by molar-refractivity contribution is -0.0885. The summed E-state index contributed by atoms with van der Waals surface area (Å²) in [6.07, 6.45) is 7.18. The summed E-state index contributed by atoms with van der Waals surface area (Å²) in [7, 11) is 0. The molecule has 0 spiro atoms. The van der Waals surface area contributed by atoms with Gasteiger partial charge in [-0.25, -0.2) is 0 Å². The van der Waals surface area contributed by atoms with Gasteiger partial charge in [-0.3, -0.25) is 4.90 Å². The van der Waals surface area contributed by atoms with Crippen LogP contribution in [0, 0.1) is 0 Å². The van der Waals surface area contributed by atoms with Crippen molar-refractivity contribution in [3.8, 4) is 0 Å². The van der Waals surface area contributed by atoms with Crippen molar-refractivity contribution < 1.29 is 4.74 Å². The fraction of sp³-hybridized carbons (Fsp3) is 1.00. The van der Waals surface area contributed by atoms with Gasteiger partial charge in [0.1, 0.15) is 0 Å². The van der Waals surface area contributed by atoms with Gasteiger partial charge in [0.25, 0.3) is 0 Å². The molecule has 1 aliphatic carbocycles. The van der Waals surface area contributed by atoms with E-state index in [0.29, 0.717) is 18.2 Å². The van der Waals surface area contributed by atoms with Crippen LogP contribution in [0.4, 0.5) is 0 Å². The Morgan fingerprint density at radius 3 is 3.00 bits per heavy atom. The summed E-state index contributed by atoms with van der Waals surface area (Å²) in [6.45, 7) is 8.87. The van der Waals surface area contributed by atoms with Crippen molar-refractivity contribution >= 4 is 0 Å². The van der Waals surface area contributed by atoms with E-state index in [1.807, 2.05) is 0 Å². The first-order valence-electron chi connectivity index (χ1n) is 7.40. The largest absolute Gasteiger partial charge is 0.375 e. The van der Waals surface area contributed by atoms with Gasteiger partial charge in [-0.1, -0.05) is 19.8 Å². The number of nitrogens with one attached hydrogen (secondary N) is 1. The number of nitrogens with zero attached hydrogens (tertiary/aromatic N) is 1. The normalized spacial score (nSPS) is 32.1. The molecular formula is C14H28N2O. The lowest BCUT2D eigenvalue weighted by Crippen LogP contribution is -2.53. The Morgan fingerprint density at radius 2 is 2.18 bits per heavy atom. The van der Waals surface area contributed by atoms with Gasteiger partial charge in [0.05, 0.1) is 12.7 Å². The highest BCUT2D eigenvalue weighted by molar-refractivity contribution is 4.87. The lowest BCUT2D eigenvalue weighted by atomic mass is 9.90. The van der Waals surface area contributed by atoms with Crippen LogP contribution in [0.1, 0.15) is 46.0 Å². The zero-order valence-corrected chi connectivity index (χ0v) is 11.5. The first kappa shape index (κ1) is 13.3. The summed E-state index contributed by atoms with van der Waals surface area (Å²) in [5.74, 6) is 0. The molecule has 1 saturated heterocycles. The Hall–Kier alpha value is -0.120. The fourth-order valence-electron chi connectivity index (χ4n) is 3.26. The van der Waals surface area contributed by atoms with Crippen LogP contribution in [0.15, 0.2) is 0 Å². The summed E-state index contributed by atoms with van der Waals surface area (Å²) in [5, 5.41) is 3.50. The van der Waals surface area contributed by atoms with E-state index in [2.05, 4.69) is 24.1 Å². The second kappa shape index (κ2) is 6.72. The van der Waals surface area contributed by atoms with Gasteiger partial charge in [-0.05, 0) is 32.7 Å². The van der Waals surface area contributed by atoms with E-state index < -0.39 is 0 Å². The van der Waals surface area contributed by atoms with Crippen LogP contribution in [0.3, 0.4) is 0 Å². The van der Waals surface area contributed by atoms with E-state index in [9.17, 15) is 0 Å². The molecule has 3 heteroatoms. The van der Waals surface area contributed by atoms with Crippen molar-refractivity contribution in [2.24, 2.45) is 0 Å². The molecule has 0 amide bonds. The monoisotopic (exact) mass is 240 g/mol. The lowest BCUT2D eigenvalue weighted by Gasteiger charge is -2.44. The number of fused-ring (bicyclic) bond motifs is 1. The first-order chi connectivity index (χ1) is 8.31. The molecule has 0 aromatic rings. The average Bonchev–Trinajstić information content (AvgIpc) is 2.36. The summed E-state index contributed by atoms with van der Waals surface area (Å²) in [4.78, 5) is 2.68. The van der Waals surface area contributed by atoms with Crippen LogP contribution in [0.5, 0.6) is 0 Å². The number of rotatable bonds is 5. The minimum absolute atomic E-state index is 0.534. The predicted octanol–water partition coefficient (Wildman–Crippen LogP) is 2.02. The Labute approximate surface area is 106 Å². The third-order valence-electron chi connectivity index (χ3n) is 4.25. The molecule has 1 saturated carbocycles. The summed E-state index contributed by atoms with van der Waals surface area (Å²) in [5.41, 5.74) is 0. The summed E-state index contributed by atoms with van der Waals surface area (Å²) < 4.78 is 5.91. The molecule has 0 radical (unpaired) electrons. The van der Waals surface area contributed by atoms with Crippen molar-refractivity contribution in [2.45, 2.75) is 64.1 Å². The Balaban J connectivity index is 1.78. The van der Waals surface area contributed by atoms with E-state index in [1.54, 1.807) is 0 Å². The van der Waals surface area contributed by atoms with Gasteiger partial charge in [-0.15, -0.1) is 0 Å². The van der Waals surface area contributed by atoms with Crippen molar-refractivity contribution in [1.29, 1.82) is 0 Å². The molecular weight excluding hydrogens is 212 g/mol. The fourth-order valence-corrected chi connectivity index (χ4v) is 3.26. The van der Waals surface area contributed by atoms with E-state index in [0.717, 1.165) is 19.7 Å². The van der Waals surface area contributed by atoms with Crippen LogP contribution in [-0.2, 0) is 4.74 Å². The second-order valence-electron chi connectivity index (χ2n) is 5.54. The van der Waals surface area contributed by atoms with Crippen LogP contribution in [-0.4, -0.2) is 49.3 Å². The Kier molecular flexibility index (Phi) is 5.26. The highest BCUT2D eigenvalue weighted by Crippen LogP contribution is 2.28. The highest BCUT2D eigenvalue weighted by atomic mass is 16.5. The van der Waals surface area contributed by atoms with E-state index in [-0.39, 0.29) is 0 Å². The Bertz CT molecular complexity index is 220. The number of hydrogen-bond acceptors (Lipinski definition) is 3. The smallest absolute Gasteiger partial charge is 0.0730 e. The molecule has 2 fully saturated rings. The van der Waals surface area contributed by atoms with E-state index >= 15 is 0 Å². The van der Waals surface area contributed by atoms with Crippen LogP contribution >= 0.6 is 0 Å². The zero-order valence-electron chi connectivity index (χ0n) is 11.5. The van der Waals surface area contributed by atoms with Gasteiger partial charge < -0.3 is 10.1 Å². The quantitative estimate of drug-likeness (QED) is 0.795. The summed E-state index contributed by atoms with van der Waals surface area (Å²) >= 11 is 0. The molecule has 1 N–H and O–H groups in total. The van der Waals surface area contributed by atoms with Crippen molar-refractivity contribution in [3.05, 3.63) is 0 Å². The third-order valence-corrected chi connectivity index (χ3v) is 4.25. The SMILES string of the molecule is CCNC(C)CCN1CCOC2CCCCC21. The van der Waals surface area contributed by atoms with Gasteiger partial charge in [0, 0.05) is 25.2 Å². The maximum absolute atomic E-state index is 5.91. The molecule has 0 aromatic heterocycles. The topological polar surface area (TPSA) is 24.5 Å². The molecule has 2 aliphatic rings. The molecule has 3 unspecified atom stereocenters. The predicted molar refractivity (Wildman–Crippen MR) is 71.3 cm³/mol. The molecule has 0 bridgehead atoms. The maximum atomic E-state index is 5.91. The van der Waals surface area contributed by atoms with Gasteiger partial charge >= 0.3 is 0 Å². The van der Waals surface area contributed by atoms with E-state index in [1.165, 1.54) is 38.6 Å². The minimum Gasteiger partial charge on any atom is -0.375 e. The molecule has 3 atom stereocenters. The number of ether oxygens (including phenoxy) is 1. The highest BCUT2D eigenvalue weighted by Gasteiger charge is 2.33. The molecule has 17 heavy (non-hydrogen) atoms. The number of hydrogen-bond donors (Lipinski definition) is 1. The molecule has 100 valence electrons. The second-order valence-corrected chi connectivity index (χ2v) is 5.54. The van der Waals surface area contributed by atoms with E-state index in [4.69, 9.17) is 4.74 Å². The molecule has 3 nitrogen and oxygen atoms in total. The van der Waals surface area contributed by atoms with Crippen LogP contribution in [0.2, 0.25) is 0 Å². The van der Waals surface area contributed by atoms with Gasteiger partial charge in [0.15, 0.2) is 0 Å². The molecule has 0 aromatic carbocycles. The van der Waals surface area contributed by atoms with Gasteiger partial charge in [0.2, 0.25) is 0 Å². The maximum Gasteiger partial charge on any atom is 0.0730 e. The van der Waals surface area contributed by atoms with Crippen molar-refractivity contribution in [1.82, 2.24) is 10.2 Å². The third kappa shape index (κ3) is 3.67. The molecule has 1 aliphatic heterocycles. The average molecular weight is 240 g/mol. The summed E-state index contributed by atoms with van der Waals surface area (Å²) in [6, 6.07) is 1.36. The molecule has 2 rings (SSSR count). The van der Waals surface area contributed by atoms with Gasteiger partial charge in [-0.2, -0.15) is 0 Å².